The normalized spacial score (nSPS) is 25.1. The zero-order chi connectivity index (χ0) is 26.4. The monoisotopic (exact) mass is 508 g/mol. The topological polar surface area (TPSA) is 84.1 Å². The summed E-state index contributed by atoms with van der Waals surface area (Å²) < 4.78 is 11.6. The molecule has 1 unspecified atom stereocenters. The third-order valence-electron chi connectivity index (χ3n) is 7.86. The SMILES string of the molecule is CC(C)(C)OC(=O)[NH+]1CCC(COc2ccc(C3=CCC(C(=O)N4CCC(C#N)CC4)CC3)cc2)CC1. The van der Waals surface area contributed by atoms with Gasteiger partial charge in [-0.3, -0.25) is 4.79 Å². The van der Waals surface area contributed by atoms with E-state index in [9.17, 15) is 9.59 Å². The van der Waals surface area contributed by atoms with Crippen LogP contribution >= 0.6 is 0 Å². The lowest BCUT2D eigenvalue weighted by Gasteiger charge is -2.33. The number of carbonyl (C=O) groups is 2. The Balaban J connectivity index is 1.20. The van der Waals surface area contributed by atoms with Gasteiger partial charge in [0.15, 0.2) is 0 Å². The van der Waals surface area contributed by atoms with E-state index in [1.165, 1.54) is 11.1 Å². The van der Waals surface area contributed by atoms with E-state index in [0.717, 1.165) is 81.8 Å². The number of allylic oxidation sites excluding steroid dienone is 2. The van der Waals surface area contributed by atoms with Gasteiger partial charge in [-0.1, -0.05) is 18.2 Å². The molecule has 0 bridgehead atoms. The zero-order valence-electron chi connectivity index (χ0n) is 22.6. The van der Waals surface area contributed by atoms with Crippen LogP contribution in [0.1, 0.15) is 71.3 Å². The molecule has 200 valence electrons. The molecule has 7 nitrogen and oxygen atoms in total. The molecule has 2 amide bonds. The van der Waals surface area contributed by atoms with Crippen LogP contribution in [0.2, 0.25) is 0 Å². The van der Waals surface area contributed by atoms with Crippen molar-refractivity contribution in [3.8, 4) is 11.8 Å². The van der Waals surface area contributed by atoms with Gasteiger partial charge in [-0.2, -0.15) is 10.1 Å². The lowest BCUT2D eigenvalue weighted by Crippen LogP contribution is -3.15. The fourth-order valence-electron chi connectivity index (χ4n) is 5.53. The first-order valence-corrected chi connectivity index (χ1v) is 13.9. The number of nitrogens with one attached hydrogen (secondary N) is 1. The minimum Gasteiger partial charge on any atom is -0.493 e. The number of likely N-dealkylation sites (tertiary alicyclic amines) is 2. The van der Waals surface area contributed by atoms with E-state index in [4.69, 9.17) is 14.7 Å². The summed E-state index contributed by atoms with van der Waals surface area (Å²) in [6.45, 7) is 9.39. The average Bonchev–Trinajstić information content (AvgIpc) is 2.91. The zero-order valence-corrected chi connectivity index (χ0v) is 22.6. The van der Waals surface area contributed by atoms with Gasteiger partial charge in [0, 0.05) is 43.7 Å². The van der Waals surface area contributed by atoms with E-state index in [1.807, 2.05) is 37.8 Å². The summed E-state index contributed by atoms with van der Waals surface area (Å²) in [5.41, 5.74) is 2.05. The molecule has 2 saturated heterocycles. The lowest BCUT2D eigenvalue weighted by atomic mass is 9.85. The number of piperidine rings is 2. The smallest absolute Gasteiger partial charge is 0.493 e. The molecule has 3 aliphatic rings. The number of amides is 2. The highest BCUT2D eigenvalue weighted by molar-refractivity contribution is 5.81. The second kappa shape index (κ2) is 12.1. The fraction of sp³-hybridized carbons (Fsp3) is 0.633. The highest BCUT2D eigenvalue weighted by Crippen LogP contribution is 2.33. The van der Waals surface area contributed by atoms with Gasteiger partial charge < -0.3 is 14.4 Å². The van der Waals surface area contributed by atoms with Gasteiger partial charge in [-0.15, -0.1) is 0 Å². The Labute approximate surface area is 221 Å². The number of hydrogen-bond donors (Lipinski definition) is 1. The van der Waals surface area contributed by atoms with Crippen molar-refractivity contribution in [2.75, 3.05) is 32.8 Å². The van der Waals surface area contributed by atoms with Crippen molar-refractivity contribution in [1.82, 2.24) is 4.90 Å². The minimum atomic E-state index is -0.445. The van der Waals surface area contributed by atoms with Crippen molar-refractivity contribution in [3.05, 3.63) is 35.9 Å². The average molecular weight is 509 g/mol. The molecule has 0 spiro atoms. The number of carbonyl (C=O) groups excluding carboxylic acids is 2. The van der Waals surface area contributed by atoms with Crippen LogP contribution in [0.15, 0.2) is 30.3 Å². The Morgan fingerprint density at radius 3 is 2.30 bits per heavy atom. The summed E-state index contributed by atoms with van der Waals surface area (Å²) in [6, 6.07) is 10.6. The third kappa shape index (κ3) is 7.58. The van der Waals surface area contributed by atoms with E-state index in [2.05, 4.69) is 24.3 Å². The Morgan fingerprint density at radius 2 is 1.73 bits per heavy atom. The van der Waals surface area contributed by atoms with E-state index in [0.29, 0.717) is 12.5 Å². The molecule has 1 aromatic rings. The minimum absolute atomic E-state index is 0.0635. The Bertz CT molecular complexity index is 1000. The van der Waals surface area contributed by atoms with E-state index < -0.39 is 5.60 Å². The summed E-state index contributed by atoms with van der Waals surface area (Å²) in [5.74, 6) is 1.75. The number of nitriles is 1. The number of ether oxygens (including phenoxy) is 2. The van der Waals surface area contributed by atoms with Crippen LogP contribution in [0.25, 0.3) is 5.57 Å². The number of alkyl carbamates (subject to hydrolysis) is 2. The van der Waals surface area contributed by atoms with Gasteiger partial charge in [0.2, 0.25) is 5.91 Å². The number of quaternary nitrogens is 1. The molecule has 0 aromatic heterocycles. The molecule has 2 heterocycles. The highest BCUT2D eigenvalue weighted by Gasteiger charge is 2.32. The Hall–Kier alpha value is -2.85. The molecule has 2 aliphatic heterocycles. The van der Waals surface area contributed by atoms with Gasteiger partial charge >= 0.3 is 6.09 Å². The fourth-order valence-corrected chi connectivity index (χ4v) is 5.53. The van der Waals surface area contributed by atoms with Crippen molar-refractivity contribution in [2.24, 2.45) is 17.8 Å². The molecule has 1 aromatic carbocycles. The van der Waals surface area contributed by atoms with Crippen LogP contribution in [0.5, 0.6) is 5.75 Å². The summed E-state index contributed by atoms with van der Waals surface area (Å²) in [5, 5.41) is 9.08. The summed E-state index contributed by atoms with van der Waals surface area (Å²) in [4.78, 5) is 28.1. The number of nitrogens with zero attached hydrogens (tertiary/aromatic N) is 2. The summed E-state index contributed by atoms with van der Waals surface area (Å²) >= 11 is 0. The Morgan fingerprint density at radius 1 is 1.05 bits per heavy atom. The van der Waals surface area contributed by atoms with Crippen LogP contribution in [-0.4, -0.2) is 55.3 Å². The maximum Gasteiger partial charge on any atom is 0.514 e. The van der Waals surface area contributed by atoms with Gasteiger partial charge in [0.1, 0.15) is 11.4 Å². The molecule has 1 atom stereocenters. The van der Waals surface area contributed by atoms with E-state index >= 15 is 0 Å². The quantitative estimate of drug-likeness (QED) is 0.643. The van der Waals surface area contributed by atoms with Crippen LogP contribution in [0.4, 0.5) is 4.79 Å². The number of rotatable bonds is 5. The maximum absolute atomic E-state index is 12.9. The van der Waals surface area contributed by atoms with Crippen molar-refractivity contribution in [1.29, 1.82) is 5.26 Å². The standard InChI is InChI=1S/C30H41N3O4/c1-30(2,3)37-29(35)33-18-14-23(15-19-33)21-36-27-10-8-25(9-11-27)24-4-6-26(7-5-24)28(34)32-16-12-22(20-31)13-17-32/h4,8-11,22-23,26H,5-7,12-19,21H2,1-3H3/p+1. The molecular formula is C30H42N3O4+. The van der Waals surface area contributed by atoms with Crippen molar-refractivity contribution >= 4 is 17.6 Å². The van der Waals surface area contributed by atoms with Crippen LogP contribution in [0, 0.1) is 29.1 Å². The van der Waals surface area contributed by atoms with Crippen molar-refractivity contribution < 1.29 is 24.0 Å². The van der Waals surface area contributed by atoms with Crippen LogP contribution < -0.4 is 9.64 Å². The van der Waals surface area contributed by atoms with Crippen LogP contribution in [0.3, 0.4) is 0 Å². The molecule has 37 heavy (non-hydrogen) atoms. The molecule has 1 aliphatic carbocycles. The first-order valence-electron chi connectivity index (χ1n) is 13.9. The predicted molar refractivity (Wildman–Crippen MR) is 142 cm³/mol. The molecule has 2 fully saturated rings. The van der Waals surface area contributed by atoms with Gasteiger partial charge in [-0.05, 0) is 76.1 Å². The predicted octanol–water partition coefficient (Wildman–Crippen LogP) is 4.24. The first kappa shape index (κ1) is 27.2. The molecular weight excluding hydrogens is 466 g/mol. The van der Waals surface area contributed by atoms with Crippen LogP contribution in [-0.2, 0) is 9.53 Å². The third-order valence-corrected chi connectivity index (χ3v) is 7.86. The molecule has 4 rings (SSSR count). The van der Waals surface area contributed by atoms with Gasteiger partial charge in [-0.25, -0.2) is 4.90 Å². The summed E-state index contributed by atoms with van der Waals surface area (Å²) in [6.07, 6.45) is 8.17. The maximum atomic E-state index is 12.9. The summed E-state index contributed by atoms with van der Waals surface area (Å²) in [7, 11) is 0. The van der Waals surface area contributed by atoms with Gasteiger partial charge in [0.05, 0.1) is 25.8 Å². The lowest BCUT2D eigenvalue weighted by molar-refractivity contribution is -0.832. The molecule has 7 heteroatoms. The second-order valence-electron chi connectivity index (χ2n) is 11.8. The van der Waals surface area contributed by atoms with Crippen molar-refractivity contribution in [2.45, 2.75) is 71.3 Å². The molecule has 0 saturated carbocycles. The van der Waals surface area contributed by atoms with Crippen molar-refractivity contribution in [3.63, 3.8) is 0 Å². The van der Waals surface area contributed by atoms with Gasteiger partial charge in [0.25, 0.3) is 0 Å². The largest absolute Gasteiger partial charge is 0.514 e. The molecule has 1 N–H and O–H groups in total. The van der Waals surface area contributed by atoms with E-state index in [1.54, 1.807) is 0 Å². The second-order valence-corrected chi connectivity index (χ2v) is 11.8. The Kier molecular flexibility index (Phi) is 8.91. The number of hydrogen-bond acceptors (Lipinski definition) is 5. The first-order chi connectivity index (χ1) is 17.7. The van der Waals surface area contributed by atoms with E-state index in [-0.39, 0.29) is 23.8 Å². The highest BCUT2D eigenvalue weighted by atomic mass is 16.6. The number of benzene rings is 1. The molecule has 0 radical (unpaired) electrons.